The predicted octanol–water partition coefficient (Wildman–Crippen LogP) is 1.90. The van der Waals surface area contributed by atoms with E-state index in [-0.39, 0.29) is 13.2 Å². The Morgan fingerprint density at radius 1 is 1.17 bits per heavy atom. The Balaban J connectivity index is 1.50. The van der Waals surface area contributed by atoms with Gasteiger partial charge in [-0.1, -0.05) is 29.8 Å². The summed E-state index contributed by atoms with van der Waals surface area (Å²) in [5.41, 5.74) is 1.95. The Morgan fingerprint density at radius 2 is 1.90 bits per heavy atom. The normalized spacial score (nSPS) is 15.0. The maximum atomic E-state index is 12.1. The fourth-order valence-corrected chi connectivity index (χ4v) is 3.59. The highest BCUT2D eigenvalue weighted by atomic mass is 32.2. The fourth-order valence-electron chi connectivity index (χ4n) is 2.79. The Hall–Kier alpha value is -2.49. The highest BCUT2D eigenvalue weighted by molar-refractivity contribution is 7.92. The smallest absolute Gasteiger partial charge is 0.233 e. The van der Waals surface area contributed by atoms with Crippen LogP contribution in [0.15, 0.2) is 35.7 Å². The lowest BCUT2D eigenvalue weighted by Crippen LogP contribution is -2.37. The van der Waals surface area contributed by atoms with Gasteiger partial charge in [-0.25, -0.2) is 18.1 Å². The quantitative estimate of drug-likeness (QED) is 0.655. The first-order chi connectivity index (χ1) is 13.9. The molecule has 0 radical (unpaired) electrons. The third kappa shape index (κ3) is 6.81. The van der Waals surface area contributed by atoms with Gasteiger partial charge in [0.2, 0.25) is 15.9 Å². The average molecular weight is 419 g/mol. The van der Waals surface area contributed by atoms with E-state index in [9.17, 15) is 8.42 Å². The SMILES string of the molecule is Cc1ccc(C=CS(=O)(=O)NCCOc2cc(N3CCOCC3)nc(C)n2)cc1. The van der Waals surface area contributed by atoms with Crippen LogP contribution in [0.25, 0.3) is 6.08 Å². The first kappa shape index (κ1) is 21.2. The van der Waals surface area contributed by atoms with Gasteiger partial charge in [-0.15, -0.1) is 0 Å². The molecule has 2 aromatic rings. The monoisotopic (exact) mass is 418 g/mol. The molecule has 1 N–H and O–H groups in total. The lowest BCUT2D eigenvalue weighted by molar-refractivity contribution is 0.122. The van der Waals surface area contributed by atoms with Crippen molar-refractivity contribution in [3.05, 3.63) is 52.7 Å². The molecule has 156 valence electrons. The number of rotatable bonds is 8. The van der Waals surface area contributed by atoms with Crippen molar-refractivity contribution < 1.29 is 17.9 Å². The highest BCUT2D eigenvalue weighted by Crippen LogP contribution is 2.18. The van der Waals surface area contributed by atoms with Gasteiger partial charge in [0.05, 0.1) is 13.2 Å². The molecule has 0 spiro atoms. The first-order valence-electron chi connectivity index (χ1n) is 9.47. The number of benzene rings is 1. The largest absolute Gasteiger partial charge is 0.476 e. The molecule has 3 rings (SSSR count). The number of morpholine rings is 1. The van der Waals surface area contributed by atoms with E-state index in [1.54, 1.807) is 19.1 Å². The molecular formula is C20H26N4O4S. The van der Waals surface area contributed by atoms with Crippen molar-refractivity contribution in [2.75, 3.05) is 44.4 Å². The number of anilines is 1. The van der Waals surface area contributed by atoms with Gasteiger partial charge in [0.25, 0.3) is 0 Å². The number of sulfonamides is 1. The molecule has 0 bridgehead atoms. The Labute approximate surface area is 171 Å². The van der Waals surface area contributed by atoms with Crippen LogP contribution in [0.2, 0.25) is 0 Å². The minimum absolute atomic E-state index is 0.135. The Morgan fingerprint density at radius 3 is 2.62 bits per heavy atom. The van der Waals surface area contributed by atoms with Crippen molar-refractivity contribution in [3.8, 4) is 5.88 Å². The average Bonchev–Trinajstić information content (AvgIpc) is 2.71. The van der Waals surface area contributed by atoms with Gasteiger partial charge in [0.1, 0.15) is 18.2 Å². The number of hydrogen-bond acceptors (Lipinski definition) is 7. The second kappa shape index (κ2) is 9.82. The van der Waals surface area contributed by atoms with Crippen LogP contribution in [0.5, 0.6) is 5.88 Å². The number of ether oxygens (including phenoxy) is 2. The van der Waals surface area contributed by atoms with Gasteiger partial charge in [-0.3, -0.25) is 0 Å². The maximum absolute atomic E-state index is 12.1. The molecular weight excluding hydrogens is 392 g/mol. The minimum atomic E-state index is -3.54. The van der Waals surface area contributed by atoms with Crippen LogP contribution in [0.1, 0.15) is 17.0 Å². The zero-order chi connectivity index (χ0) is 20.7. The minimum Gasteiger partial charge on any atom is -0.476 e. The highest BCUT2D eigenvalue weighted by Gasteiger charge is 2.14. The van der Waals surface area contributed by atoms with Crippen LogP contribution < -0.4 is 14.4 Å². The number of aryl methyl sites for hydroxylation is 2. The predicted molar refractivity (Wildman–Crippen MR) is 112 cm³/mol. The van der Waals surface area contributed by atoms with Crippen molar-refractivity contribution in [2.24, 2.45) is 0 Å². The maximum Gasteiger partial charge on any atom is 0.233 e. The van der Waals surface area contributed by atoms with E-state index in [1.165, 1.54) is 0 Å². The summed E-state index contributed by atoms with van der Waals surface area (Å²) >= 11 is 0. The lowest BCUT2D eigenvalue weighted by atomic mass is 10.2. The summed E-state index contributed by atoms with van der Waals surface area (Å²) in [5, 5.41) is 1.16. The van der Waals surface area contributed by atoms with Gasteiger partial charge in [0, 0.05) is 31.1 Å². The summed E-state index contributed by atoms with van der Waals surface area (Å²) in [6.45, 7) is 6.94. The van der Waals surface area contributed by atoms with Gasteiger partial charge >= 0.3 is 0 Å². The standard InChI is InChI=1S/C20H26N4O4S/c1-16-3-5-18(6-4-16)7-14-29(25,26)21-8-11-28-20-15-19(22-17(2)23-20)24-9-12-27-13-10-24/h3-7,14-15,21H,8-13H2,1-2H3. The van der Waals surface area contributed by atoms with E-state index >= 15 is 0 Å². The molecule has 1 aliphatic heterocycles. The molecule has 0 saturated carbocycles. The van der Waals surface area contributed by atoms with Crippen molar-refractivity contribution in [3.63, 3.8) is 0 Å². The molecule has 0 unspecified atom stereocenters. The summed E-state index contributed by atoms with van der Waals surface area (Å²) in [6.07, 6.45) is 1.56. The van der Waals surface area contributed by atoms with Gasteiger partial charge in [-0.05, 0) is 25.5 Å². The molecule has 1 aromatic carbocycles. The third-order valence-corrected chi connectivity index (χ3v) is 5.41. The van der Waals surface area contributed by atoms with E-state index in [4.69, 9.17) is 9.47 Å². The Kier molecular flexibility index (Phi) is 7.18. The molecule has 0 aliphatic carbocycles. The molecule has 1 saturated heterocycles. The fraction of sp³-hybridized carbons (Fsp3) is 0.400. The number of nitrogens with zero attached hydrogens (tertiary/aromatic N) is 3. The third-order valence-electron chi connectivity index (χ3n) is 4.31. The van der Waals surface area contributed by atoms with Crippen molar-refractivity contribution >= 4 is 21.9 Å². The molecule has 1 aliphatic rings. The molecule has 2 heterocycles. The van der Waals surface area contributed by atoms with E-state index in [0.29, 0.717) is 24.9 Å². The zero-order valence-corrected chi connectivity index (χ0v) is 17.5. The van der Waals surface area contributed by atoms with Crippen molar-refractivity contribution in [1.82, 2.24) is 14.7 Å². The second-order valence-corrected chi connectivity index (χ2v) is 8.36. The van der Waals surface area contributed by atoms with Gasteiger partial charge < -0.3 is 14.4 Å². The van der Waals surface area contributed by atoms with Gasteiger partial charge in [-0.2, -0.15) is 4.98 Å². The van der Waals surface area contributed by atoms with Crippen molar-refractivity contribution in [2.45, 2.75) is 13.8 Å². The molecule has 1 aromatic heterocycles. The summed E-state index contributed by atoms with van der Waals surface area (Å²) in [7, 11) is -3.54. The number of hydrogen-bond donors (Lipinski definition) is 1. The van der Waals surface area contributed by atoms with Crippen LogP contribution in [-0.2, 0) is 14.8 Å². The van der Waals surface area contributed by atoms with Crippen LogP contribution in [0, 0.1) is 13.8 Å². The van der Waals surface area contributed by atoms with E-state index in [2.05, 4.69) is 19.6 Å². The van der Waals surface area contributed by atoms with Crippen LogP contribution in [-0.4, -0.2) is 57.8 Å². The van der Waals surface area contributed by atoms with Crippen LogP contribution in [0.4, 0.5) is 5.82 Å². The first-order valence-corrected chi connectivity index (χ1v) is 11.0. The molecule has 29 heavy (non-hydrogen) atoms. The van der Waals surface area contributed by atoms with Crippen LogP contribution in [0.3, 0.4) is 0 Å². The Bertz CT molecular complexity index is 939. The second-order valence-electron chi connectivity index (χ2n) is 6.71. The molecule has 0 amide bonds. The number of nitrogens with one attached hydrogen (secondary N) is 1. The summed E-state index contributed by atoms with van der Waals surface area (Å²) < 4.78 is 37.7. The lowest BCUT2D eigenvalue weighted by Gasteiger charge is -2.28. The van der Waals surface area contributed by atoms with Gasteiger partial charge in [0.15, 0.2) is 0 Å². The summed E-state index contributed by atoms with van der Waals surface area (Å²) in [4.78, 5) is 10.8. The van der Waals surface area contributed by atoms with Crippen LogP contribution >= 0.6 is 0 Å². The van der Waals surface area contributed by atoms with E-state index in [0.717, 1.165) is 35.4 Å². The summed E-state index contributed by atoms with van der Waals surface area (Å²) in [5.74, 6) is 1.82. The molecule has 9 heteroatoms. The topological polar surface area (TPSA) is 93.7 Å². The summed E-state index contributed by atoms with van der Waals surface area (Å²) in [6, 6.07) is 9.37. The number of aromatic nitrogens is 2. The molecule has 8 nitrogen and oxygen atoms in total. The molecule has 0 atom stereocenters. The van der Waals surface area contributed by atoms with Crippen molar-refractivity contribution in [1.29, 1.82) is 0 Å². The van der Waals surface area contributed by atoms with E-state index < -0.39 is 10.0 Å². The van der Waals surface area contributed by atoms with E-state index in [1.807, 2.05) is 31.2 Å². The molecule has 1 fully saturated rings. The zero-order valence-electron chi connectivity index (χ0n) is 16.7.